The second-order valence-corrected chi connectivity index (χ2v) is 3.07. The molecule has 1 aromatic rings. The van der Waals surface area contributed by atoms with Gasteiger partial charge < -0.3 is 15.6 Å². The number of aliphatic hydroxyl groups excluding tert-OH is 1. The second-order valence-electron chi connectivity index (χ2n) is 2.69. The second kappa shape index (κ2) is 4.16. The molecule has 0 aliphatic carbocycles. The average Bonchev–Trinajstić information content (AvgIpc) is 2.08. The summed E-state index contributed by atoms with van der Waals surface area (Å²) < 4.78 is 39.2. The van der Waals surface area contributed by atoms with Gasteiger partial charge in [-0.2, -0.15) is 0 Å². The first kappa shape index (κ1) is 11.9. The number of nitrogens with two attached hydrogens (primary N) is 1. The Morgan fingerprint density at radius 2 is 2.00 bits per heavy atom. The number of anilines is 1. The van der Waals surface area contributed by atoms with Gasteiger partial charge >= 0.3 is 6.36 Å². The van der Waals surface area contributed by atoms with Crippen molar-refractivity contribution >= 4 is 17.3 Å². The number of ether oxygens (including phenoxy) is 1. The lowest BCUT2D eigenvalue weighted by Crippen LogP contribution is -2.17. The molecule has 0 saturated heterocycles. The SMILES string of the molecule is Nc1cc(OC(F)(F)F)cc(CO)c1Cl. The summed E-state index contributed by atoms with van der Waals surface area (Å²) in [5.41, 5.74) is 5.32. The summed E-state index contributed by atoms with van der Waals surface area (Å²) in [5, 5.41) is 8.81. The topological polar surface area (TPSA) is 55.5 Å². The molecule has 0 saturated carbocycles. The quantitative estimate of drug-likeness (QED) is 0.782. The van der Waals surface area contributed by atoms with E-state index in [2.05, 4.69) is 4.74 Å². The molecule has 0 atom stereocenters. The molecular weight excluding hydrogens is 235 g/mol. The molecule has 0 radical (unpaired) electrons. The van der Waals surface area contributed by atoms with Gasteiger partial charge in [-0.05, 0) is 6.07 Å². The molecule has 15 heavy (non-hydrogen) atoms. The standard InChI is InChI=1S/C8H7ClF3NO2/c9-7-4(3-14)1-5(2-6(7)13)15-8(10,11)12/h1-2,14H,3,13H2. The monoisotopic (exact) mass is 241 g/mol. The van der Waals surface area contributed by atoms with Crippen molar-refractivity contribution < 1.29 is 23.0 Å². The largest absolute Gasteiger partial charge is 0.573 e. The van der Waals surface area contributed by atoms with Crippen LogP contribution in [0.5, 0.6) is 5.75 Å². The Kier molecular flexibility index (Phi) is 3.31. The van der Waals surface area contributed by atoms with Crippen LogP contribution in [0.2, 0.25) is 5.02 Å². The maximum absolute atomic E-state index is 11.9. The molecule has 0 heterocycles. The van der Waals surface area contributed by atoms with Crippen LogP contribution < -0.4 is 10.5 Å². The van der Waals surface area contributed by atoms with Gasteiger partial charge in [0, 0.05) is 11.6 Å². The summed E-state index contributed by atoms with van der Waals surface area (Å²) >= 11 is 5.61. The van der Waals surface area contributed by atoms with Crippen LogP contribution >= 0.6 is 11.6 Å². The molecule has 0 amide bonds. The normalized spacial score (nSPS) is 11.5. The fourth-order valence-corrected chi connectivity index (χ4v) is 1.16. The van der Waals surface area contributed by atoms with Gasteiger partial charge in [-0.3, -0.25) is 0 Å². The molecule has 0 aromatic heterocycles. The Balaban J connectivity index is 3.06. The summed E-state index contributed by atoms with van der Waals surface area (Å²) in [6.45, 7) is -0.516. The number of aliphatic hydroxyl groups is 1. The van der Waals surface area contributed by atoms with Gasteiger partial charge in [0.2, 0.25) is 0 Å². The van der Waals surface area contributed by atoms with Crippen LogP contribution in [0.4, 0.5) is 18.9 Å². The molecule has 0 aliphatic heterocycles. The van der Waals surface area contributed by atoms with Crippen LogP contribution in [-0.4, -0.2) is 11.5 Å². The summed E-state index contributed by atoms with van der Waals surface area (Å²) in [4.78, 5) is 0. The summed E-state index contributed by atoms with van der Waals surface area (Å²) in [6.07, 6.45) is -4.80. The molecule has 0 fully saturated rings. The fourth-order valence-electron chi connectivity index (χ4n) is 0.986. The average molecular weight is 242 g/mol. The highest BCUT2D eigenvalue weighted by molar-refractivity contribution is 6.33. The number of hydrogen-bond donors (Lipinski definition) is 2. The minimum atomic E-state index is -4.80. The van der Waals surface area contributed by atoms with Gasteiger partial charge in [0.05, 0.1) is 17.3 Å². The molecule has 7 heteroatoms. The zero-order valence-corrected chi connectivity index (χ0v) is 8.06. The third-order valence-corrected chi connectivity index (χ3v) is 2.01. The number of nitrogen functional groups attached to an aromatic ring is 1. The predicted octanol–water partition coefficient (Wildman–Crippen LogP) is 2.31. The molecule has 0 unspecified atom stereocenters. The van der Waals surface area contributed by atoms with Gasteiger partial charge in [0.15, 0.2) is 0 Å². The maximum Gasteiger partial charge on any atom is 0.573 e. The lowest BCUT2D eigenvalue weighted by Gasteiger charge is -2.11. The lowest BCUT2D eigenvalue weighted by atomic mass is 10.2. The van der Waals surface area contributed by atoms with Crippen molar-refractivity contribution in [2.24, 2.45) is 0 Å². The van der Waals surface area contributed by atoms with E-state index in [9.17, 15) is 13.2 Å². The van der Waals surface area contributed by atoms with Crippen molar-refractivity contribution in [1.29, 1.82) is 0 Å². The maximum atomic E-state index is 11.9. The van der Waals surface area contributed by atoms with Crippen molar-refractivity contribution in [1.82, 2.24) is 0 Å². The highest BCUT2D eigenvalue weighted by Crippen LogP contribution is 2.31. The van der Waals surface area contributed by atoms with Crippen molar-refractivity contribution in [3.63, 3.8) is 0 Å². The highest BCUT2D eigenvalue weighted by Gasteiger charge is 2.31. The molecule has 3 nitrogen and oxygen atoms in total. The van der Waals surface area contributed by atoms with Gasteiger partial charge in [0.25, 0.3) is 0 Å². The first-order chi connectivity index (χ1) is 6.83. The van der Waals surface area contributed by atoms with E-state index in [1.165, 1.54) is 0 Å². The van der Waals surface area contributed by atoms with Crippen molar-refractivity contribution in [2.75, 3.05) is 5.73 Å². The zero-order chi connectivity index (χ0) is 11.6. The number of alkyl halides is 3. The molecule has 84 valence electrons. The third-order valence-electron chi connectivity index (χ3n) is 1.55. The van der Waals surface area contributed by atoms with Gasteiger partial charge in [-0.15, -0.1) is 13.2 Å². The van der Waals surface area contributed by atoms with E-state index in [1.54, 1.807) is 0 Å². The Hall–Kier alpha value is -1.14. The van der Waals surface area contributed by atoms with E-state index in [1.807, 2.05) is 0 Å². The zero-order valence-electron chi connectivity index (χ0n) is 7.31. The predicted molar refractivity (Wildman–Crippen MR) is 48.5 cm³/mol. The molecular formula is C8H7ClF3NO2. The summed E-state index contributed by atoms with van der Waals surface area (Å²) in [6, 6.07) is 1.92. The van der Waals surface area contributed by atoms with Crippen molar-refractivity contribution in [3.8, 4) is 5.75 Å². The summed E-state index contributed by atoms with van der Waals surface area (Å²) in [7, 11) is 0. The van der Waals surface area contributed by atoms with Gasteiger partial charge in [0.1, 0.15) is 5.75 Å². The van der Waals surface area contributed by atoms with E-state index in [0.717, 1.165) is 12.1 Å². The van der Waals surface area contributed by atoms with Crippen LogP contribution in [0.1, 0.15) is 5.56 Å². The first-order valence-electron chi connectivity index (χ1n) is 3.78. The molecule has 0 aliphatic rings. The van der Waals surface area contributed by atoms with Crippen molar-refractivity contribution in [3.05, 3.63) is 22.7 Å². The molecule has 0 bridgehead atoms. The van der Waals surface area contributed by atoms with E-state index in [-0.39, 0.29) is 16.3 Å². The van der Waals surface area contributed by atoms with Crippen LogP contribution in [0.15, 0.2) is 12.1 Å². The minimum Gasteiger partial charge on any atom is -0.406 e. The highest BCUT2D eigenvalue weighted by atomic mass is 35.5. The first-order valence-corrected chi connectivity index (χ1v) is 4.16. The molecule has 3 N–H and O–H groups in total. The number of benzene rings is 1. The van der Waals surface area contributed by atoms with Crippen LogP contribution in [0, 0.1) is 0 Å². The van der Waals surface area contributed by atoms with Gasteiger partial charge in [-0.25, -0.2) is 0 Å². The number of rotatable bonds is 2. The lowest BCUT2D eigenvalue weighted by molar-refractivity contribution is -0.274. The smallest absolute Gasteiger partial charge is 0.406 e. The van der Waals surface area contributed by atoms with E-state index < -0.39 is 18.7 Å². The molecule has 1 rings (SSSR count). The van der Waals surface area contributed by atoms with Gasteiger partial charge in [-0.1, -0.05) is 11.6 Å². The molecule has 1 aromatic carbocycles. The van der Waals surface area contributed by atoms with Crippen LogP contribution in [-0.2, 0) is 6.61 Å². The molecule has 0 spiro atoms. The Bertz CT molecular complexity index is 368. The summed E-state index contributed by atoms with van der Waals surface area (Å²) in [5.74, 6) is -0.506. The number of hydrogen-bond acceptors (Lipinski definition) is 3. The number of halogens is 4. The third kappa shape index (κ3) is 3.17. The van der Waals surface area contributed by atoms with E-state index >= 15 is 0 Å². The van der Waals surface area contributed by atoms with E-state index in [0.29, 0.717) is 0 Å². The Morgan fingerprint density at radius 3 is 2.47 bits per heavy atom. The Morgan fingerprint density at radius 1 is 1.40 bits per heavy atom. The Labute approximate surface area is 88.2 Å². The van der Waals surface area contributed by atoms with Crippen LogP contribution in [0.25, 0.3) is 0 Å². The minimum absolute atomic E-state index is 0.0204. The van der Waals surface area contributed by atoms with E-state index in [4.69, 9.17) is 22.4 Å². The van der Waals surface area contributed by atoms with Crippen molar-refractivity contribution in [2.45, 2.75) is 13.0 Å². The fraction of sp³-hybridized carbons (Fsp3) is 0.250. The van der Waals surface area contributed by atoms with Crippen LogP contribution in [0.3, 0.4) is 0 Å².